The molecule has 1 aliphatic rings. The van der Waals surface area contributed by atoms with Gasteiger partial charge in [-0.2, -0.15) is 0 Å². The molecule has 2 aromatic carbocycles. The van der Waals surface area contributed by atoms with Crippen molar-refractivity contribution in [2.24, 2.45) is 0 Å². The number of nitrogens with zero attached hydrogens (tertiary/aromatic N) is 1. The Morgan fingerprint density at radius 1 is 1.04 bits per heavy atom. The van der Waals surface area contributed by atoms with E-state index in [1.54, 1.807) is 37.3 Å². The maximum Gasteiger partial charge on any atom is 0.263 e. The van der Waals surface area contributed by atoms with Crippen molar-refractivity contribution in [2.75, 3.05) is 20.8 Å². The molecule has 5 nitrogen and oxygen atoms in total. The van der Waals surface area contributed by atoms with Crippen molar-refractivity contribution in [3.05, 3.63) is 59.7 Å². The third-order valence-electron chi connectivity index (χ3n) is 4.24. The monoisotopic (exact) mass is 327 g/mol. The first-order valence-corrected chi connectivity index (χ1v) is 7.88. The molecule has 2 atom stereocenters. The number of hydrogen-bond donors (Lipinski definition) is 0. The second-order valence-corrected chi connectivity index (χ2v) is 5.63. The van der Waals surface area contributed by atoms with Crippen LogP contribution in [0.15, 0.2) is 48.5 Å². The first-order valence-electron chi connectivity index (χ1n) is 7.88. The topological polar surface area (TPSA) is 48.0 Å². The minimum absolute atomic E-state index is 0.133. The van der Waals surface area contributed by atoms with E-state index in [-0.39, 0.29) is 18.2 Å². The number of carbonyl (C=O) groups excluding carboxylic acids is 1. The van der Waals surface area contributed by atoms with Crippen molar-refractivity contribution in [3.63, 3.8) is 0 Å². The van der Waals surface area contributed by atoms with E-state index in [4.69, 9.17) is 14.2 Å². The van der Waals surface area contributed by atoms with Crippen LogP contribution in [0.5, 0.6) is 11.5 Å². The molecule has 24 heavy (non-hydrogen) atoms. The highest BCUT2D eigenvalue weighted by molar-refractivity contribution is 6.00. The molecule has 0 N–H and O–H groups in total. The van der Waals surface area contributed by atoms with Crippen LogP contribution in [0.4, 0.5) is 0 Å². The fourth-order valence-corrected chi connectivity index (χ4v) is 2.99. The molecule has 1 aliphatic heterocycles. The lowest BCUT2D eigenvalue weighted by Gasteiger charge is -2.22. The van der Waals surface area contributed by atoms with Gasteiger partial charge in [-0.3, -0.25) is 4.79 Å². The van der Waals surface area contributed by atoms with E-state index in [1.807, 2.05) is 37.3 Å². The van der Waals surface area contributed by atoms with Gasteiger partial charge in [-0.05, 0) is 24.6 Å². The van der Waals surface area contributed by atoms with Crippen LogP contribution in [0, 0.1) is 0 Å². The Morgan fingerprint density at radius 2 is 1.67 bits per heavy atom. The van der Waals surface area contributed by atoms with Crippen LogP contribution in [0.3, 0.4) is 0 Å². The van der Waals surface area contributed by atoms with E-state index in [2.05, 4.69) is 0 Å². The number of carbonyl (C=O) groups is 1. The standard InChI is InChI=1S/C19H21NO4/c1-13-20(12-17(24-13)14-8-5-4-6-9-14)19(21)18-15(22-2)10-7-11-16(18)23-3/h4-11,13,17H,12H2,1-3H3. The van der Waals surface area contributed by atoms with E-state index in [9.17, 15) is 4.79 Å². The predicted molar refractivity (Wildman–Crippen MR) is 90.3 cm³/mol. The first kappa shape index (κ1) is 16.3. The highest BCUT2D eigenvalue weighted by Crippen LogP contribution is 2.34. The van der Waals surface area contributed by atoms with Crippen LogP contribution in [-0.2, 0) is 4.74 Å². The van der Waals surface area contributed by atoms with E-state index in [1.165, 1.54) is 0 Å². The Hall–Kier alpha value is -2.53. The van der Waals surface area contributed by atoms with Gasteiger partial charge in [0, 0.05) is 0 Å². The van der Waals surface area contributed by atoms with Crippen molar-refractivity contribution in [2.45, 2.75) is 19.3 Å². The molecule has 1 heterocycles. The summed E-state index contributed by atoms with van der Waals surface area (Å²) in [5.74, 6) is 0.833. The van der Waals surface area contributed by atoms with Gasteiger partial charge in [-0.1, -0.05) is 36.4 Å². The van der Waals surface area contributed by atoms with Crippen molar-refractivity contribution < 1.29 is 19.0 Å². The molecule has 2 aromatic rings. The Labute approximate surface area is 141 Å². The molecule has 1 saturated heterocycles. The van der Waals surface area contributed by atoms with E-state index < -0.39 is 0 Å². The molecule has 5 heteroatoms. The van der Waals surface area contributed by atoms with Gasteiger partial charge in [0.05, 0.1) is 20.8 Å². The average Bonchev–Trinajstić information content (AvgIpc) is 3.02. The van der Waals surface area contributed by atoms with Gasteiger partial charge in [0.25, 0.3) is 5.91 Å². The van der Waals surface area contributed by atoms with Crippen molar-refractivity contribution in [1.29, 1.82) is 0 Å². The Bertz CT molecular complexity index is 694. The van der Waals surface area contributed by atoms with Crippen LogP contribution in [0.2, 0.25) is 0 Å². The van der Waals surface area contributed by atoms with Crippen LogP contribution in [-0.4, -0.2) is 37.8 Å². The Morgan fingerprint density at radius 3 is 2.25 bits per heavy atom. The van der Waals surface area contributed by atoms with E-state index in [0.29, 0.717) is 23.6 Å². The van der Waals surface area contributed by atoms with Gasteiger partial charge in [-0.25, -0.2) is 0 Å². The van der Waals surface area contributed by atoms with Gasteiger partial charge in [0.15, 0.2) is 0 Å². The zero-order chi connectivity index (χ0) is 17.1. The lowest BCUT2D eigenvalue weighted by atomic mass is 10.1. The van der Waals surface area contributed by atoms with Crippen molar-refractivity contribution in [3.8, 4) is 11.5 Å². The number of ether oxygens (including phenoxy) is 3. The van der Waals surface area contributed by atoms with Crippen molar-refractivity contribution in [1.82, 2.24) is 4.90 Å². The number of rotatable bonds is 4. The van der Waals surface area contributed by atoms with Gasteiger partial charge in [-0.15, -0.1) is 0 Å². The third kappa shape index (κ3) is 2.95. The van der Waals surface area contributed by atoms with Gasteiger partial charge in [0.1, 0.15) is 29.4 Å². The summed E-state index contributed by atoms with van der Waals surface area (Å²) >= 11 is 0. The molecule has 0 radical (unpaired) electrons. The molecule has 0 aliphatic carbocycles. The molecule has 3 rings (SSSR count). The molecule has 1 amide bonds. The Kier molecular flexibility index (Phi) is 4.71. The largest absolute Gasteiger partial charge is 0.496 e. The summed E-state index contributed by atoms with van der Waals surface area (Å²) in [5.41, 5.74) is 1.48. The fourth-order valence-electron chi connectivity index (χ4n) is 2.99. The minimum Gasteiger partial charge on any atom is -0.496 e. The maximum atomic E-state index is 13.1. The predicted octanol–water partition coefficient (Wildman–Crippen LogP) is 3.26. The Balaban J connectivity index is 1.89. The summed E-state index contributed by atoms with van der Waals surface area (Å²) in [6, 6.07) is 15.2. The summed E-state index contributed by atoms with van der Waals surface area (Å²) in [4.78, 5) is 14.8. The second-order valence-electron chi connectivity index (χ2n) is 5.63. The molecular weight excluding hydrogens is 306 g/mol. The van der Waals surface area contributed by atoms with E-state index in [0.717, 1.165) is 5.56 Å². The summed E-state index contributed by atoms with van der Waals surface area (Å²) in [5, 5.41) is 0. The lowest BCUT2D eigenvalue weighted by molar-refractivity contribution is 0.0135. The summed E-state index contributed by atoms with van der Waals surface area (Å²) in [6.45, 7) is 2.37. The highest BCUT2D eigenvalue weighted by Gasteiger charge is 2.36. The smallest absolute Gasteiger partial charge is 0.263 e. The number of amides is 1. The van der Waals surface area contributed by atoms with Gasteiger partial charge in [0.2, 0.25) is 0 Å². The zero-order valence-electron chi connectivity index (χ0n) is 14.1. The third-order valence-corrected chi connectivity index (χ3v) is 4.24. The highest BCUT2D eigenvalue weighted by atomic mass is 16.5. The van der Waals surface area contributed by atoms with Crippen LogP contribution >= 0.6 is 0 Å². The number of hydrogen-bond acceptors (Lipinski definition) is 4. The molecule has 1 fully saturated rings. The van der Waals surface area contributed by atoms with Crippen LogP contribution in [0.25, 0.3) is 0 Å². The summed E-state index contributed by atoms with van der Waals surface area (Å²) < 4.78 is 16.7. The summed E-state index contributed by atoms with van der Waals surface area (Å²) in [6.07, 6.45) is -0.455. The normalized spacial score (nSPS) is 20.0. The maximum absolute atomic E-state index is 13.1. The molecule has 0 bridgehead atoms. The second kappa shape index (κ2) is 6.93. The first-order chi connectivity index (χ1) is 11.7. The minimum atomic E-state index is -0.322. The zero-order valence-corrected chi connectivity index (χ0v) is 14.1. The molecular formula is C19H21NO4. The van der Waals surface area contributed by atoms with Gasteiger partial charge < -0.3 is 19.1 Å². The molecule has 0 spiro atoms. The lowest BCUT2D eigenvalue weighted by Crippen LogP contribution is -2.34. The molecule has 0 saturated carbocycles. The average molecular weight is 327 g/mol. The van der Waals surface area contributed by atoms with E-state index >= 15 is 0 Å². The fraction of sp³-hybridized carbons (Fsp3) is 0.316. The van der Waals surface area contributed by atoms with Crippen LogP contribution in [0.1, 0.15) is 28.9 Å². The molecule has 0 aromatic heterocycles. The SMILES string of the molecule is COc1cccc(OC)c1C(=O)N1CC(c2ccccc2)OC1C. The van der Waals surface area contributed by atoms with Gasteiger partial charge >= 0.3 is 0 Å². The number of benzene rings is 2. The van der Waals surface area contributed by atoms with Crippen molar-refractivity contribution >= 4 is 5.91 Å². The summed E-state index contributed by atoms with van der Waals surface area (Å²) in [7, 11) is 3.09. The quantitative estimate of drug-likeness (QED) is 0.865. The molecule has 126 valence electrons. The molecule has 2 unspecified atom stereocenters. The van der Waals surface area contributed by atoms with Crippen LogP contribution < -0.4 is 9.47 Å². The number of methoxy groups -OCH3 is 2.